The van der Waals surface area contributed by atoms with Crippen molar-refractivity contribution in [2.24, 2.45) is 5.92 Å². The number of alkyl halides is 1. The number of rotatable bonds is 5. The zero-order chi connectivity index (χ0) is 24.9. The normalized spacial score (nSPS) is 16.8. The first kappa shape index (κ1) is 22.2. The number of phenols is 1. The number of pyridine rings is 1. The van der Waals surface area contributed by atoms with E-state index in [1.807, 2.05) is 18.3 Å². The quantitative estimate of drug-likeness (QED) is 0.334. The monoisotopic (exact) mass is 493 g/mol. The molecule has 1 saturated heterocycles. The van der Waals surface area contributed by atoms with Gasteiger partial charge < -0.3 is 9.51 Å². The molecule has 0 amide bonds. The SMILES string of the molecule is Oc1ccc2c(c1)CCCC(c1ccc3[nH]ncc3c1)=C2c1ccn2cc(CN3CC(CF)C3)nc2c1. The van der Waals surface area contributed by atoms with Crippen molar-refractivity contribution in [2.75, 3.05) is 19.8 Å². The van der Waals surface area contributed by atoms with Crippen LogP contribution in [0.1, 0.15) is 40.8 Å². The molecule has 37 heavy (non-hydrogen) atoms. The maximum absolute atomic E-state index is 12.8. The summed E-state index contributed by atoms with van der Waals surface area (Å²) in [5.41, 5.74) is 10.0. The van der Waals surface area contributed by atoms with Crippen molar-refractivity contribution < 1.29 is 9.50 Å². The number of H-pyrrole nitrogens is 1. The van der Waals surface area contributed by atoms with Crippen molar-refractivity contribution in [2.45, 2.75) is 25.8 Å². The number of aryl methyl sites for hydroxylation is 1. The van der Waals surface area contributed by atoms with Crippen LogP contribution in [0.4, 0.5) is 4.39 Å². The highest BCUT2D eigenvalue weighted by Crippen LogP contribution is 2.41. The van der Waals surface area contributed by atoms with E-state index in [1.165, 1.54) is 22.3 Å². The van der Waals surface area contributed by atoms with Gasteiger partial charge in [-0.15, -0.1) is 0 Å². The number of fused-ring (bicyclic) bond motifs is 3. The molecule has 0 unspecified atom stereocenters. The minimum absolute atomic E-state index is 0.171. The summed E-state index contributed by atoms with van der Waals surface area (Å²) in [5.74, 6) is 0.473. The van der Waals surface area contributed by atoms with Gasteiger partial charge in [0, 0.05) is 43.3 Å². The molecule has 4 heterocycles. The molecular formula is C30H28FN5O. The Morgan fingerprint density at radius 3 is 2.84 bits per heavy atom. The Hall–Kier alpha value is -3.97. The van der Waals surface area contributed by atoms with Crippen LogP contribution in [0.2, 0.25) is 0 Å². The molecule has 0 radical (unpaired) electrons. The van der Waals surface area contributed by atoms with Crippen LogP contribution < -0.4 is 0 Å². The predicted molar refractivity (Wildman–Crippen MR) is 143 cm³/mol. The van der Waals surface area contributed by atoms with Crippen LogP contribution in [0.5, 0.6) is 5.75 Å². The second-order valence-electron chi connectivity index (χ2n) is 10.3. The van der Waals surface area contributed by atoms with Crippen molar-refractivity contribution in [1.82, 2.24) is 24.5 Å². The first-order chi connectivity index (χ1) is 18.1. The van der Waals surface area contributed by atoms with Gasteiger partial charge in [-0.2, -0.15) is 5.10 Å². The molecule has 1 fully saturated rings. The molecule has 1 aliphatic carbocycles. The Labute approximate surface area is 214 Å². The van der Waals surface area contributed by atoms with E-state index in [4.69, 9.17) is 4.98 Å². The largest absolute Gasteiger partial charge is 0.508 e. The molecule has 186 valence electrons. The van der Waals surface area contributed by atoms with E-state index < -0.39 is 0 Å². The molecule has 1 aliphatic heterocycles. The zero-order valence-corrected chi connectivity index (χ0v) is 20.5. The van der Waals surface area contributed by atoms with Crippen molar-refractivity contribution in [3.63, 3.8) is 0 Å². The van der Waals surface area contributed by atoms with E-state index in [-0.39, 0.29) is 12.6 Å². The van der Waals surface area contributed by atoms with Gasteiger partial charge in [0.25, 0.3) is 0 Å². The number of aromatic nitrogens is 4. The highest BCUT2D eigenvalue weighted by Gasteiger charge is 2.27. The summed E-state index contributed by atoms with van der Waals surface area (Å²) >= 11 is 0. The Bertz CT molecular complexity index is 1660. The fourth-order valence-corrected chi connectivity index (χ4v) is 5.92. The Morgan fingerprint density at radius 1 is 1.03 bits per heavy atom. The minimum Gasteiger partial charge on any atom is -0.508 e. The number of likely N-dealkylation sites (tertiary alicyclic amines) is 1. The summed E-state index contributed by atoms with van der Waals surface area (Å²) in [6.07, 6.45) is 8.87. The number of hydrogen-bond donors (Lipinski definition) is 2. The minimum atomic E-state index is -0.241. The number of imidazole rings is 1. The number of phenolic OH excluding ortho intramolecular Hbond substituents is 1. The standard InChI is InChI=1S/C30H28FN5O/c31-13-19-15-35(16-19)17-24-18-36-9-8-22(12-29(36)33-24)30-26(21-4-7-28-23(10-21)14-32-34-28)3-1-2-20-11-25(37)5-6-27(20)30/h4-12,14,18-19,37H,1-3,13,15-17H2,(H,32,34). The van der Waals surface area contributed by atoms with Crippen LogP contribution in [0.15, 0.2) is 67.1 Å². The summed E-state index contributed by atoms with van der Waals surface area (Å²) in [6, 6.07) is 16.5. The Morgan fingerprint density at radius 2 is 1.95 bits per heavy atom. The molecule has 2 N–H and O–H groups in total. The molecule has 6 nitrogen and oxygen atoms in total. The van der Waals surface area contributed by atoms with E-state index in [0.29, 0.717) is 5.75 Å². The maximum atomic E-state index is 12.8. The number of halogens is 1. The summed E-state index contributed by atoms with van der Waals surface area (Å²) < 4.78 is 14.9. The molecule has 2 aromatic carbocycles. The fraction of sp³-hybridized carbons (Fsp3) is 0.267. The molecular weight excluding hydrogens is 465 g/mol. The van der Waals surface area contributed by atoms with Crippen molar-refractivity contribution in [3.8, 4) is 5.75 Å². The second-order valence-corrected chi connectivity index (χ2v) is 10.3. The third-order valence-electron chi connectivity index (χ3n) is 7.76. The Balaban J connectivity index is 1.35. The number of aromatic amines is 1. The summed E-state index contributed by atoms with van der Waals surface area (Å²) in [7, 11) is 0. The summed E-state index contributed by atoms with van der Waals surface area (Å²) in [4.78, 5) is 7.16. The van der Waals surface area contributed by atoms with Gasteiger partial charge in [-0.05, 0) is 89.1 Å². The number of hydrogen-bond acceptors (Lipinski definition) is 4. The average Bonchev–Trinajstić information content (AvgIpc) is 3.47. The topological polar surface area (TPSA) is 69.4 Å². The van der Waals surface area contributed by atoms with Crippen LogP contribution in [-0.2, 0) is 13.0 Å². The molecule has 7 heteroatoms. The lowest BCUT2D eigenvalue weighted by atomic mass is 9.88. The van der Waals surface area contributed by atoms with Gasteiger partial charge >= 0.3 is 0 Å². The number of nitrogens with one attached hydrogen (secondary N) is 1. The van der Waals surface area contributed by atoms with E-state index in [2.05, 4.69) is 62.2 Å². The van der Waals surface area contributed by atoms with E-state index in [9.17, 15) is 9.50 Å². The van der Waals surface area contributed by atoms with Crippen LogP contribution >= 0.6 is 0 Å². The third kappa shape index (κ3) is 4.00. The second kappa shape index (κ2) is 8.85. The molecule has 0 atom stereocenters. The first-order valence-corrected chi connectivity index (χ1v) is 12.9. The van der Waals surface area contributed by atoms with Crippen molar-refractivity contribution in [3.05, 3.63) is 95.1 Å². The third-order valence-corrected chi connectivity index (χ3v) is 7.76. The molecule has 0 saturated carbocycles. The highest BCUT2D eigenvalue weighted by molar-refractivity contribution is 6.01. The van der Waals surface area contributed by atoms with Crippen LogP contribution in [0.25, 0.3) is 27.7 Å². The smallest absolute Gasteiger partial charge is 0.137 e. The number of aromatic hydroxyl groups is 1. The van der Waals surface area contributed by atoms with Gasteiger partial charge in [-0.25, -0.2) is 4.98 Å². The van der Waals surface area contributed by atoms with Crippen LogP contribution in [0.3, 0.4) is 0 Å². The molecule has 2 aliphatic rings. The summed E-state index contributed by atoms with van der Waals surface area (Å²) in [5, 5.41) is 18.6. The van der Waals surface area contributed by atoms with E-state index in [1.54, 1.807) is 6.07 Å². The van der Waals surface area contributed by atoms with Gasteiger partial charge in [0.15, 0.2) is 0 Å². The number of benzene rings is 2. The Kier molecular flexibility index (Phi) is 5.32. The lowest BCUT2D eigenvalue weighted by molar-refractivity contribution is 0.0727. The van der Waals surface area contributed by atoms with Crippen molar-refractivity contribution in [1.29, 1.82) is 0 Å². The van der Waals surface area contributed by atoms with Crippen LogP contribution in [-0.4, -0.2) is 49.4 Å². The molecule has 0 spiro atoms. The zero-order valence-electron chi connectivity index (χ0n) is 20.5. The highest BCUT2D eigenvalue weighted by atomic mass is 19.1. The lowest BCUT2D eigenvalue weighted by Crippen LogP contribution is -2.46. The molecule has 0 bridgehead atoms. The van der Waals surface area contributed by atoms with Gasteiger partial charge in [0.05, 0.1) is 24.1 Å². The fourth-order valence-electron chi connectivity index (χ4n) is 5.92. The number of allylic oxidation sites excluding steroid dienone is 1. The first-order valence-electron chi connectivity index (χ1n) is 12.9. The van der Waals surface area contributed by atoms with Crippen LogP contribution in [0, 0.1) is 5.92 Å². The van der Waals surface area contributed by atoms with Gasteiger partial charge in [0.2, 0.25) is 0 Å². The molecule has 7 rings (SSSR count). The number of nitrogens with zero attached hydrogens (tertiary/aromatic N) is 4. The predicted octanol–water partition coefficient (Wildman–Crippen LogP) is 5.61. The molecule has 3 aromatic heterocycles. The van der Waals surface area contributed by atoms with Crippen molar-refractivity contribution >= 4 is 27.7 Å². The van der Waals surface area contributed by atoms with Gasteiger partial charge in [-0.1, -0.05) is 12.1 Å². The lowest BCUT2D eigenvalue weighted by Gasteiger charge is -2.37. The summed E-state index contributed by atoms with van der Waals surface area (Å²) in [6.45, 7) is 2.11. The van der Waals surface area contributed by atoms with E-state index >= 15 is 0 Å². The average molecular weight is 494 g/mol. The molecule has 5 aromatic rings. The van der Waals surface area contributed by atoms with E-state index in [0.717, 1.165) is 72.3 Å². The van der Waals surface area contributed by atoms with Gasteiger partial charge in [-0.3, -0.25) is 14.4 Å². The van der Waals surface area contributed by atoms with Gasteiger partial charge in [0.1, 0.15) is 11.4 Å². The maximum Gasteiger partial charge on any atom is 0.137 e.